The second-order valence-electron chi connectivity index (χ2n) is 11.3. The maximum atomic E-state index is 13.3. The molecule has 206 valence electrons. The Morgan fingerprint density at radius 3 is 1.39 bits per heavy atom. The van der Waals surface area contributed by atoms with Crippen LogP contribution in [0.2, 0.25) is 0 Å². The van der Waals surface area contributed by atoms with E-state index >= 15 is 0 Å². The second-order valence-corrected chi connectivity index (χ2v) is 11.3. The first kappa shape index (κ1) is 28.3. The first-order chi connectivity index (χ1) is 19.9. The van der Waals surface area contributed by atoms with E-state index < -0.39 is 11.5 Å². The van der Waals surface area contributed by atoms with Crippen molar-refractivity contribution in [2.75, 3.05) is 0 Å². The Kier molecular flexibility index (Phi) is 8.61. The van der Waals surface area contributed by atoms with Crippen molar-refractivity contribution in [2.45, 2.75) is 51.0 Å². The van der Waals surface area contributed by atoms with Crippen molar-refractivity contribution in [1.29, 1.82) is 0 Å². The third kappa shape index (κ3) is 5.80. The van der Waals surface area contributed by atoms with Crippen LogP contribution in [0.4, 0.5) is 5.69 Å². The summed E-state index contributed by atoms with van der Waals surface area (Å²) in [6.07, 6.45) is 0. The van der Waals surface area contributed by atoms with Crippen molar-refractivity contribution in [3.63, 3.8) is 0 Å². The van der Waals surface area contributed by atoms with E-state index in [-0.39, 0.29) is 0 Å². The maximum Gasteiger partial charge on any atom is 0.127 e. The molecule has 0 bridgehead atoms. The van der Waals surface area contributed by atoms with E-state index in [1.54, 1.807) is 0 Å². The summed E-state index contributed by atoms with van der Waals surface area (Å²) in [6, 6.07) is 47.3. The maximum absolute atomic E-state index is 13.3. The zero-order valence-electron chi connectivity index (χ0n) is 24.4. The minimum absolute atomic E-state index is 0.293. The van der Waals surface area contributed by atoms with E-state index in [2.05, 4.69) is 82.3 Å². The third-order valence-electron chi connectivity index (χ3n) is 7.90. The van der Waals surface area contributed by atoms with Crippen molar-refractivity contribution in [3.05, 3.63) is 173 Å². The molecule has 0 aliphatic heterocycles. The number of hydrogen-bond donors (Lipinski definition) is 1. The normalized spacial score (nSPS) is 13.0. The van der Waals surface area contributed by atoms with Crippen LogP contribution in [0, 0.1) is 0 Å². The van der Waals surface area contributed by atoms with Crippen LogP contribution in [0.5, 0.6) is 0 Å². The standard InChI is InChI=1S/C39H39NO/c1-28(2)34-26-17-27-35(29(3)4)38(34)40-37(31-20-11-6-12-21-31)36(30-18-9-5-10-19-30)39(41,32-22-13-7-14-23-32)33-24-15-8-16-25-33/h5-29,36,41H,1-4H3. The van der Waals surface area contributed by atoms with E-state index in [4.69, 9.17) is 4.99 Å². The van der Waals surface area contributed by atoms with Gasteiger partial charge in [-0.1, -0.05) is 167 Å². The minimum Gasteiger partial charge on any atom is -0.379 e. The van der Waals surface area contributed by atoms with Crippen LogP contribution in [0.25, 0.3) is 0 Å². The van der Waals surface area contributed by atoms with Crippen LogP contribution >= 0.6 is 0 Å². The highest BCUT2D eigenvalue weighted by atomic mass is 16.3. The molecule has 0 saturated carbocycles. The van der Waals surface area contributed by atoms with Gasteiger partial charge in [0.25, 0.3) is 0 Å². The molecule has 0 aliphatic carbocycles. The van der Waals surface area contributed by atoms with Gasteiger partial charge in [-0.3, -0.25) is 4.99 Å². The summed E-state index contributed by atoms with van der Waals surface area (Å²) in [5.74, 6) is 0.0830. The molecule has 0 radical (unpaired) electrons. The number of hydrogen-bond acceptors (Lipinski definition) is 2. The van der Waals surface area contributed by atoms with Crippen molar-refractivity contribution in [1.82, 2.24) is 0 Å². The summed E-state index contributed by atoms with van der Waals surface area (Å²) < 4.78 is 0. The number of aliphatic imine (C=N–C) groups is 1. The highest BCUT2D eigenvalue weighted by Crippen LogP contribution is 2.46. The largest absolute Gasteiger partial charge is 0.379 e. The van der Waals surface area contributed by atoms with Gasteiger partial charge in [-0.05, 0) is 45.2 Å². The highest BCUT2D eigenvalue weighted by Gasteiger charge is 2.44. The molecule has 1 unspecified atom stereocenters. The molecule has 5 aromatic rings. The molecule has 0 fully saturated rings. The fourth-order valence-electron chi connectivity index (χ4n) is 5.79. The molecule has 0 spiro atoms. The zero-order chi connectivity index (χ0) is 28.8. The molecule has 0 heterocycles. The summed E-state index contributed by atoms with van der Waals surface area (Å²) in [5, 5.41) is 13.3. The fraction of sp³-hybridized carbons (Fsp3) is 0.205. The molecule has 41 heavy (non-hydrogen) atoms. The highest BCUT2D eigenvalue weighted by molar-refractivity contribution is 6.08. The molecular formula is C39H39NO. The van der Waals surface area contributed by atoms with Gasteiger partial charge in [0.15, 0.2) is 0 Å². The Labute approximate surface area is 245 Å². The average Bonchev–Trinajstić information content (AvgIpc) is 3.02. The molecular weight excluding hydrogens is 498 g/mol. The number of nitrogens with zero attached hydrogens (tertiary/aromatic N) is 1. The van der Waals surface area contributed by atoms with Gasteiger partial charge in [0, 0.05) is 0 Å². The van der Waals surface area contributed by atoms with Crippen molar-refractivity contribution in [2.24, 2.45) is 4.99 Å². The molecule has 5 rings (SSSR count). The van der Waals surface area contributed by atoms with Crippen LogP contribution in [0.15, 0.2) is 145 Å². The first-order valence-electron chi connectivity index (χ1n) is 14.6. The van der Waals surface area contributed by atoms with Gasteiger partial charge < -0.3 is 5.11 Å². The summed E-state index contributed by atoms with van der Waals surface area (Å²) in [5.41, 5.74) is 6.48. The Balaban J connectivity index is 1.92. The number of aliphatic hydroxyl groups is 1. The van der Waals surface area contributed by atoms with Gasteiger partial charge in [-0.15, -0.1) is 0 Å². The van der Waals surface area contributed by atoms with Crippen LogP contribution in [-0.2, 0) is 5.60 Å². The van der Waals surface area contributed by atoms with Gasteiger partial charge in [-0.25, -0.2) is 0 Å². The first-order valence-corrected chi connectivity index (χ1v) is 14.6. The molecule has 5 aromatic carbocycles. The van der Waals surface area contributed by atoms with Crippen molar-refractivity contribution >= 4 is 11.4 Å². The van der Waals surface area contributed by atoms with Gasteiger partial charge in [-0.2, -0.15) is 0 Å². The number of rotatable bonds is 9. The van der Waals surface area contributed by atoms with E-state index in [9.17, 15) is 5.11 Å². The average molecular weight is 538 g/mol. The van der Waals surface area contributed by atoms with Crippen LogP contribution in [0.1, 0.15) is 78.8 Å². The Morgan fingerprint density at radius 1 is 0.537 bits per heavy atom. The van der Waals surface area contributed by atoms with Gasteiger partial charge in [0.2, 0.25) is 0 Å². The number of para-hydroxylation sites is 1. The lowest BCUT2D eigenvalue weighted by atomic mass is 9.69. The lowest BCUT2D eigenvalue weighted by Gasteiger charge is -2.39. The van der Waals surface area contributed by atoms with E-state index in [0.717, 1.165) is 33.7 Å². The molecule has 0 saturated heterocycles. The lowest BCUT2D eigenvalue weighted by Crippen LogP contribution is -2.39. The summed E-state index contributed by atoms with van der Waals surface area (Å²) in [7, 11) is 0. The molecule has 2 nitrogen and oxygen atoms in total. The molecule has 2 heteroatoms. The van der Waals surface area contributed by atoms with E-state index in [1.807, 2.05) is 84.9 Å². The predicted molar refractivity (Wildman–Crippen MR) is 172 cm³/mol. The predicted octanol–water partition coefficient (Wildman–Crippen LogP) is 9.77. The van der Waals surface area contributed by atoms with Crippen molar-refractivity contribution in [3.8, 4) is 0 Å². The van der Waals surface area contributed by atoms with Gasteiger partial charge >= 0.3 is 0 Å². The second kappa shape index (κ2) is 12.5. The molecule has 0 aliphatic rings. The van der Waals surface area contributed by atoms with Crippen LogP contribution in [0.3, 0.4) is 0 Å². The van der Waals surface area contributed by atoms with Crippen LogP contribution in [-0.4, -0.2) is 10.8 Å². The molecule has 1 atom stereocenters. The summed E-state index contributed by atoms with van der Waals surface area (Å²) in [6.45, 7) is 8.89. The van der Waals surface area contributed by atoms with Gasteiger partial charge in [0.05, 0.1) is 17.3 Å². The third-order valence-corrected chi connectivity index (χ3v) is 7.90. The minimum atomic E-state index is -1.40. The number of benzene rings is 5. The Hall–Kier alpha value is -4.27. The zero-order valence-corrected chi connectivity index (χ0v) is 24.4. The van der Waals surface area contributed by atoms with Crippen molar-refractivity contribution < 1.29 is 5.11 Å². The molecule has 0 amide bonds. The Bertz CT molecular complexity index is 1510. The monoisotopic (exact) mass is 537 g/mol. The van der Waals surface area contributed by atoms with Crippen LogP contribution < -0.4 is 0 Å². The Morgan fingerprint density at radius 2 is 0.951 bits per heavy atom. The SMILES string of the molecule is CC(C)c1cccc(C(C)C)c1N=C(c1ccccc1)C(c1ccccc1)C(O)(c1ccccc1)c1ccccc1. The van der Waals surface area contributed by atoms with Gasteiger partial charge in [0.1, 0.15) is 5.60 Å². The van der Waals surface area contributed by atoms with E-state index in [1.165, 1.54) is 11.1 Å². The smallest absolute Gasteiger partial charge is 0.127 e. The molecule has 1 N–H and O–H groups in total. The van der Waals surface area contributed by atoms with E-state index in [0.29, 0.717) is 11.8 Å². The summed E-state index contributed by atoms with van der Waals surface area (Å²) >= 11 is 0. The lowest BCUT2D eigenvalue weighted by molar-refractivity contribution is 0.0711. The topological polar surface area (TPSA) is 32.6 Å². The quantitative estimate of drug-likeness (QED) is 0.186. The molecule has 0 aromatic heterocycles. The summed E-state index contributed by atoms with van der Waals surface area (Å²) in [4.78, 5) is 5.62. The fourth-order valence-corrected chi connectivity index (χ4v) is 5.79.